The van der Waals surface area contributed by atoms with Crippen molar-refractivity contribution in [3.05, 3.63) is 35.5 Å². The topological polar surface area (TPSA) is 27.8 Å². The Labute approximate surface area is 102 Å². The third kappa shape index (κ3) is 1.87. The lowest BCUT2D eigenvalue weighted by molar-refractivity contribution is 0.568. The quantitative estimate of drug-likeness (QED) is 0.811. The van der Waals surface area contributed by atoms with Gasteiger partial charge in [-0.2, -0.15) is 0 Å². The van der Waals surface area contributed by atoms with Crippen LogP contribution in [0.25, 0.3) is 10.9 Å². The van der Waals surface area contributed by atoms with Crippen LogP contribution >= 0.6 is 0 Å². The Morgan fingerprint density at radius 1 is 1.29 bits per heavy atom. The van der Waals surface area contributed by atoms with E-state index in [9.17, 15) is 0 Å². The van der Waals surface area contributed by atoms with Gasteiger partial charge in [-0.1, -0.05) is 31.5 Å². The summed E-state index contributed by atoms with van der Waals surface area (Å²) in [4.78, 5) is 3.60. The number of hydrogen-bond acceptors (Lipinski definition) is 1. The molecule has 0 saturated heterocycles. The summed E-state index contributed by atoms with van der Waals surface area (Å²) in [6.45, 7) is 4.50. The van der Waals surface area contributed by atoms with Crippen molar-refractivity contribution in [2.45, 2.75) is 32.1 Å². The number of aromatic amines is 1. The lowest BCUT2D eigenvalue weighted by Gasteiger charge is -2.14. The first kappa shape index (κ1) is 10.8. The van der Waals surface area contributed by atoms with Crippen LogP contribution in [0, 0.1) is 0 Å². The zero-order valence-corrected chi connectivity index (χ0v) is 10.4. The molecule has 1 aliphatic heterocycles. The summed E-state index contributed by atoms with van der Waals surface area (Å²) in [5, 5.41) is 4.99. The maximum Gasteiger partial charge on any atom is 0.0459 e. The molecule has 2 N–H and O–H groups in total. The summed E-state index contributed by atoms with van der Waals surface area (Å²) in [6.07, 6.45) is 3.66. The van der Waals surface area contributed by atoms with Crippen molar-refractivity contribution in [1.82, 2.24) is 10.3 Å². The number of aromatic nitrogens is 1. The van der Waals surface area contributed by atoms with Crippen LogP contribution in [0.3, 0.4) is 0 Å². The van der Waals surface area contributed by atoms with E-state index in [2.05, 4.69) is 41.5 Å². The van der Waals surface area contributed by atoms with E-state index in [0.29, 0.717) is 5.92 Å². The van der Waals surface area contributed by atoms with Crippen LogP contribution in [0.15, 0.2) is 24.3 Å². The van der Waals surface area contributed by atoms with E-state index in [1.54, 1.807) is 5.56 Å². The second kappa shape index (κ2) is 4.53. The van der Waals surface area contributed by atoms with Gasteiger partial charge in [0, 0.05) is 36.1 Å². The van der Waals surface area contributed by atoms with Crippen LogP contribution in [0.2, 0.25) is 0 Å². The molecule has 2 aromatic rings. The molecule has 1 aromatic carbocycles. The van der Waals surface area contributed by atoms with Crippen molar-refractivity contribution in [3.8, 4) is 0 Å². The van der Waals surface area contributed by atoms with Crippen molar-refractivity contribution >= 4 is 10.9 Å². The van der Waals surface area contributed by atoms with E-state index >= 15 is 0 Å². The number of H-pyrrole nitrogens is 1. The molecule has 0 saturated carbocycles. The van der Waals surface area contributed by atoms with Gasteiger partial charge >= 0.3 is 0 Å². The van der Waals surface area contributed by atoms with Crippen LogP contribution in [0.1, 0.15) is 36.9 Å². The second-order valence-corrected chi connectivity index (χ2v) is 5.00. The molecule has 3 rings (SSSR count). The van der Waals surface area contributed by atoms with Gasteiger partial charge in [0.15, 0.2) is 0 Å². The van der Waals surface area contributed by atoms with Crippen molar-refractivity contribution < 1.29 is 0 Å². The first-order valence-corrected chi connectivity index (χ1v) is 6.70. The lowest BCUT2D eigenvalue weighted by atomic mass is 9.92. The van der Waals surface area contributed by atoms with Gasteiger partial charge in [0.25, 0.3) is 0 Å². The van der Waals surface area contributed by atoms with Gasteiger partial charge in [-0.3, -0.25) is 0 Å². The van der Waals surface area contributed by atoms with Gasteiger partial charge in [0.1, 0.15) is 0 Å². The highest BCUT2D eigenvalue weighted by molar-refractivity contribution is 5.85. The molecule has 0 fully saturated rings. The molecule has 1 aromatic heterocycles. The van der Waals surface area contributed by atoms with E-state index < -0.39 is 0 Å². The molecular weight excluding hydrogens is 208 g/mol. The summed E-state index contributed by atoms with van der Waals surface area (Å²) in [5.41, 5.74) is 4.34. The van der Waals surface area contributed by atoms with Gasteiger partial charge in [-0.05, 0) is 24.0 Å². The smallest absolute Gasteiger partial charge is 0.0459 e. The lowest BCUT2D eigenvalue weighted by Crippen LogP contribution is -2.20. The fourth-order valence-corrected chi connectivity index (χ4v) is 3.07. The zero-order chi connectivity index (χ0) is 11.7. The summed E-state index contributed by atoms with van der Waals surface area (Å²) in [6, 6.07) is 8.72. The van der Waals surface area contributed by atoms with Crippen molar-refractivity contribution in [3.63, 3.8) is 0 Å². The van der Waals surface area contributed by atoms with Crippen molar-refractivity contribution in [2.75, 3.05) is 13.1 Å². The third-order valence-electron chi connectivity index (χ3n) is 3.82. The Morgan fingerprint density at radius 2 is 2.18 bits per heavy atom. The molecule has 0 aliphatic carbocycles. The van der Waals surface area contributed by atoms with E-state index in [1.807, 2.05) is 0 Å². The number of fused-ring (bicyclic) bond motifs is 3. The van der Waals surface area contributed by atoms with Gasteiger partial charge in [0.05, 0.1) is 0 Å². The van der Waals surface area contributed by atoms with Gasteiger partial charge in [-0.15, -0.1) is 0 Å². The average molecular weight is 228 g/mol. The first-order valence-electron chi connectivity index (χ1n) is 6.70. The minimum atomic E-state index is 0.675. The number of nitrogens with one attached hydrogen (secondary N) is 2. The average Bonchev–Trinajstić information content (AvgIpc) is 2.60. The molecule has 2 heteroatoms. The normalized spacial score (nSPS) is 20.2. The largest absolute Gasteiger partial charge is 0.358 e. The van der Waals surface area contributed by atoms with Gasteiger partial charge < -0.3 is 10.3 Å². The van der Waals surface area contributed by atoms with Crippen LogP contribution in [-0.2, 0) is 6.42 Å². The Hall–Kier alpha value is -1.28. The van der Waals surface area contributed by atoms with Gasteiger partial charge in [0.2, 0.25) is 0 Å². The van der Waals surface area contributed by atoms with E-state index in [-0.39, 0.29) is 0 Å². The van der Waals surface area contributed by atoms with E-state index in [0.717, 1.165) is 19.5 Å². The Balaban J connectivity index is 2.15. The van der Waals surface area contributed by atoms with Crippen molar-refractivity contribution in [1.29, 1.82) is 0 Å². The molecule has 0 spiro atoms. The minimum absolute atomic E-state index is 0.675. The molecule has 1 atom stereocenters. The SMILES string of the molecule is CCCC1CNCCc2[nH]c3ccccc3c21. The molecule has 90 valence electrons. The number of rotatable bonds is 2. The van der Waals surface area contributed by atoms with Crippen LogP contribution in [-0.4, -0.2) is 18.1 Å². The van der Waals surface area contributed by atoms with Crippen LogP contribution < -0.4 is 5.32 Å². The zero-order valence-electron chi connectivity index (χ0n) is 10.4. The fourth-order valence-electron chi connectivity index (χ4n) is 3.07. The molecule has 1 aliphatic rings. The molecule has 1 unspecified atom stereocenters. The maximum absolute atomic E-state index is 3.60. The van der Waals surface area contributed by atoms with Crippen molar-refractivity contribution in [2.24, 2.45) is 0 Å². The fraction of sp³-hybridized carbons (Fsp3) is 0.467. The van der Waals surface area contributed by atoms with E-state index in [4.69, 9.17) is 0 Å². The summed E-state index contributed by atoms with van der Waals surface area (Å²) < 4.78 is 0. The minimum Gasteiger partial charge on any atom is -0.358 e. The second-order valence-electron chi connectivity index (χ2n) is 5.00. The standard InChI is InChI=1S/C15H20N2/c1-2-5-11-10-16-9-8-14-15(11)12-6-3-4-7-13(12)17-14/h3-4,6-7,11,16-17H,2,5,8-10H2,1H3. The number of hydrogen-bond donors (Lipinski definition) is 2. The molecule has 0 radical (unpaired) electrons. The Morgan fingerprint density at radius 3 is 3.06 bits per heavy atom. The van der Waals surface area contributed by atoms with E-state index in [1.165, 1.54) is 29.4 Å². The summed E-state index contributed by atoms with van der Waals surface area (Å²) in [7, 11) is 0. The monoisotopic (exact) mass is 228 g/mol. The maximum atomic E-state index is 3.60. The Kier molecular flexibility index (Phi) is 2.89. The molecular formula is C15H20N2. The van der Waals surface area contributed by atoms with Crippen LogP contribution in [0.5, 0.6) is 0 Å². The van der Waals surface area contributed by atoms with Gasteiger partial charge in [-0.25, -0.2) is 0 Å². The highest BCUT2D eigenvalue weighted by atomic mass is 14.9. The predicted octanol–water partition coefficient (Wildman–Crippen LogP) is 3.20. The highest BCUT2D eigenvalue weighted by Crippen LogP contribution is 2.33. The third-order valence-corrected chi connectivity index (χ3v) is 3.82. The van der Waals surface area contributed by atoms with Crippen LogP contribution in [0.4, 0.5) is 0 Å². The summed E-state index contributed by atoms with van der Waals surface area (Å²) >= 11 is 0. The predicted molar refractivity (Wildman–Crippen MR) is 72.5 cm³/mol. The molecule has 0 bridgehead atoms. The molecule has 2 heterocycles. The first-order chi connectivity index (χ1) is 8.40. The molecule has 17 heavy (non-hydrogen) atoms. The highest BCUT2D eigenvalue weighted by Gasteiger charge is 2.21. The number of para-hydroxylation sites is 1. The number of benzene rings is 1. The summed E-state index contributed by atoms with van der Waals surface area (Å²) in [5.74, 6) is 0.675. The molecule has 0 amide bonds. The molecule has 2 nitrogen and oxygen atoms in total. The Bertz CT molecular complexity index is 513.